The van der Waals surface area contributed by atoms with Crippen LogP contribution in [-0.4, -0.2) is 31.0 Å². The van der Waals surface area contributed by atoms with Crippen LogP contribution in [0.15, 0.2) is 41.5 Å². The molecule has 0 aliphatic carbocycles. The predicted molar refractivity (Wildman–Crippen MR) is 93.0 cm³/mol. The Balaban J connectivity index is 1.74. The molecule has 0 aliphatic rings. The van der Waals surface area contributed by atoms with Gasteiger partial charge in [-0.05, 0) is 32.3 Å². The maximum atomic E-state index is 11.9. The fourth-order valence-corrected chi connectivity index (χ4v) is 3.19. The highest BCUT2D eigenvalue weighted by molar-refractivity contribution is 5.76. The summed E-state index contributed by atoms with van der Waals surface area (Å²) >= 11 is 0. The largest absolute Gasteiger partial charge is 0.393 e. The number of benzene rings is 1. The molecule has 0 aliphatic heterocycles. The summed E-state index contributed by atoms with van der Waals surface area (Å²) in [6.07, 6.45) is 2.68. The average molecular weight is 326 g/mol. The second-order valence-corrected chi connectivity index (χ2v) is 6.14. The molecule has 6 nitrogen and oxygen atoms in total. The molecule has 0 saturated heterocycles. The number of aromatic amines is 1. The van der Waals surface area contributed by atoms with Gasteiger partial charge in [-0.3, -0.25) is 4.79 Å². The first-order valence-electron chi connectivity index (χ1n) is 8.21. The minimum absolute atomic E-state index is 0.0884. The van der Waals surface area contributed by atoms with Crippen molar-refractivity contribution < 1.29 is 5.11 Å². The lowest BCUT2D eigenvalue weighted by molar-refractivity contribution is 0.155. The Bertz CT molecular complexity index is 868. The van der Waals surface area contributed by atoms with Crippen LogP contribution >= 0.6 is 0 Å². The number of aliphatic hydroxyl groups excluding tert-OH is 1. The Kier molecular flexibility index (Phi) is 4.76. The lowest BCUT2D eigenvalue weighted by Gasteiger charge is -2.20. The molecule has 2 unspecified atom stereocenters. The first kappa shape index (κ1) is 16.4. The Morgan fingerprint density at radius 2 is 2.04 bits per heavy atom. The van der Waals surface area contributed by atoms with Gasteiger partial charge in [0.1, 0.15) is 5.39 Å². The standard InChI is InChI=1S/C18H22N4O2/c1-12-16-17(19-11-20-18(16)24)22(21-12)10-6-9-15(13(2)23)14-7-4-3-5-8-14/h3-5,7-8,11,13,15,23H,6,9-10H2,1-2H3,(H,19,20,24). The predicted octanol–water partition coefficient (Wildman–Crippen LogP) is 2.37. The van der Waals surface area contributed by atoms with Crippen molar-refractivity contribution in [3.8, 4) is 0 Å². The highest BCUT2D eigenvalue weighted by Crippen LogP contribution is 2.25. The molecule has 1 aromatic carbocycles. The number of hydrogen-bond donors (Lipinski definition) is 2. The molecule has 3 rings (SSSR count). The van der Waals surface area contributed by atoms with E-state index in [4.69, 9.17) is 0 Å². The minimum atomic E-state index is -0.413. The van der Waals surface area contributed by atoms with E-state index in [1.807, 2.05) is 44.2 Å². The van der Waals surface area contributed by atoms with Crippen LogP contribution in [0.2, 0.25) is 0 Å². The van der Waals surface area contributed by atoms with Gasteiger partial charge >= 0.3 is 0 Å². The highest BCUT2D eigenvalue weighted by atomic mass is 16.3. The van der Waals surface area contributed by atoms with Crippen LogP contribution in [0.5, 0.6) is 0 Å². The van der Waals surface area contributed by atoms with Crippen molar-refractivity contribution in [1.82, 2.24) is 19.7 Å². The number of nitrogens with one attached hydrogen (secondary N) is 1. The molecule has 0 spiro atoms. The van der Waals surface area contributed by atoms with Gasteiger partial charge in [-0.15, -0.1) is 0 Å². The van der Waals surface area contributed by atoms with E-state index in [1.165, 1.54) is 6.33 Å². The van der Waals surface area contributed by atoms with Gasteiger partial charge in [-0.25, -0.2) is 9.67 Å². The van der Waals surface area contributed by atoms with Crippen molar-refractivity contribution in [2.45, 2.75) is 45.3 Å². The zero-order valence-electron chi connectivity index (χ0n) is 13.9. The Morgan fingerprint density at radius 1 is 1.29 bits per heavy atom. The molecule has 24 heavy (non-hydrogen) atoms. The molecule has 2 atom stereocenters. The van der Waals surface area contributed by atoms with E-state index in [-0.39, 0.29) is 11.5 Å². The van der Waals surface area contributed by atoms with Gasteiger partial charge in [-0.2, -0.15) is 5.10 Å². The average Bonchev–Trinajstić information content (AvgIpc) is 2.89. The maximum Gasteiger partial charge on any atom is 0.262 e. The van der Waals surface area contributed by atoms with Crippen molar-refractivity contribution in [3.63, 3.8) is 0 Å². The van der Waals surface area contributed by atoms with Gasteiger partial charge in [0.05, 0.1) is 18.1 Å². The second kappa shape index (κ2) is 6.97. The summed E-state index contributed by atoms with van der Waals surface area (Å²) in [5.74, 6) is 0.0884. The lowest BCUT2D eigenvalue weighted by atomic mass is 9.90. The Hall–Kier alpha value is -2.47. The number of aromatic nitrogens is 4. The highest BCUT2D eigenvalue weighted by Gasteiger charge is 2.18. The number of hydrogen-bond acceptors (Lipinski definition) is 4. The van der Waals surface area contributed by atoms with Gasteiger partial charge in [0.15, 0.2) is 5.65 Å². The van der Waals surface area contributed by atoms with Crippen molar-refractivity contribution in [3.05, 3.63) is 58.3 Å². The third-order valence-electron chi connectivity index (χ3n) is 4.41. The smallest absolute Gasteiger partial charge is 0.262 e. The van der Waals surface area contributed by atoms with E-state index in [0.29, 0.717) is 23.3 Å². The van der Waals surface area contributed by atoms with Crippen molar-refractivity contribution in [1.29, 1.82) is 0 Å². The number of nitrogens with zero attached hydrogens (tertiary/aromatic N) is 3. The molecule has 0 amide bonds. The second-order valence-electron chi connectivity index (χ2n) is 6.14. The number of fused-ring (bicyclic) bond motifs is 1. The summed E-state index contributed by atoms with van der Waals surface area (Å²) in [6.45, 7) is 4.31. The van der Waals surface area contributed by atoms with E-state index in [0.717, 1.165) is 18.4 Å². The van der Waals surface area contributed by atoms with E-state index in [1.54, 1.807) is 4.68 Å². The van der Waals surface area contributed by atoms with Crippen LogP contribution in [0.1, 0.15) is 36.9 Å². The molecule has 126 valence electrons. The summed E-state index contributed by atoms with van der Waals surface area (Å²) in [6, 6.07) is 10.1. The Labute approximate surface area is 140 Å². The molecule has 0 saturated carbocycles. The van der Waals surface area contributed by atoms with Crippen LogP contribution in [0.4, 0.5) is 0 Å². The molecular weight excluding hydrogens is 304 g/mol. The molecule has 0 fully saturated rings. The number of rotatable bonds is 6. The zero-order valence-corrected chi connectivity index (χ0v) is 13.9. The van der Waals surface area contributed by atoms with Gasteiger partial charge in [0, 0.05) is 12.5 Å². The van der Waals surface area contributed by atoms with Gasteiger partial charge in [-0.1, -0.05) is 30.3 Å². The van der Waals surface area contributed by atoms with Crippen LogP contribution in [0.3, 0.4) is 0 Å². The normalized spacial score (nSPS) is 14.0. The van der Waals surface area contributed by atoms with E-state index < -0.39 is 6.10 Å². The summed E-state index contributed by atoms with van der Waals surface area (Å²) in [4.78, 5) is 18.7. The molecule has 3 aromatic rings. The molecule has 2 heterocycles. The van der Waals surface area contributed by atoms with Crippen molar-refractivity contribution >= 4 is 11.0 Å². The molecule has 0 radical (unpaired) electrons. The zero-order chi connectivity index (χ0) is 17.1. The van der Waals surface area contributed by atoms with Crippen LogP contribution in [-0.2, 0) is 6.54 Å². The molecular formula is C18H22N4O2. The van der Waals surface area contributed by atoms with Crippen molar-refractivity contribution in [2.24, 2.45) is 0 Å². The topological polar surface area (TPSA) is 83.8 Å². The first-order chi connectivity index (χ1) is 11.6. The third kappa shape index (κ3) is 3.23. The first-order valence-corrected chi connectivity index (χ1v) is 8.21. The molecule has 6 heteroatoms. The van der Waals surface area contributed by atoms with Gasteiger partial charge in [0.25, 0.3) is 5.56 Å². The number of aryl methyl sites for hydroxylation is 2. The third-order valence-corrected chi connectivity index (χ3v) is 4.41. The van der Waals surface area contributed by atoms with Crippen LogP contribution < -0.4 is 5.56 Å². The monoisotopic (exact) mass is 326 g/mol. The lowest BCUT2D eigenvalue weighted by Crippen LogP contribution is -2.16. The summed E-state index contributed by atoms with van der Waals surface area (Å²) in [5, 5.41) is 15.1. The number of H-pyrrole nitrogens is 1. The quantitative estimate of drug-likeness (QED) is 0.728. The maximum absolute atomic E-state index is 11.9. The van der Waals surface area contributed by atoms with E-state index >= 15 is 0 Å². The Morgan fingerprint density at radius 3 is 2.75 bits per heavy atom. The fraction of sp³-hybridized carbons (Fsp3) is 0.389. The molecule has 2 N–H and O–H groups in total. The minimum Gasteiger partial charge on any atom is -0.393 e. The molecule has 0 bridgehead atoms. The molecule has 2 aromatic heterocycles. The number of aliphatic hydroxyl groups is 1. The van der Waals surface area contributed by atoms with Crippen molar-refractivity contribution in [2.75, 3.05) is 0 Å². The van der Waals surface area contributed by atoms with E-state index in [2.05, 4.69) is 15.1 Å². The summed E-state index contributed by atoms with van der Waals surface area (Å²) in [5.41, 5.74) is 2.29. The summed E-state index contributed by atoms with van der Waals surface area (Å²) in [7, 11) is 0. The van der Waals surface area contributed by atoms with E-state index in [9.17, 15) is 9.90 Å². The van der Waals surface area contributed by atoms with Gasteiger partial charge < -0.3 is 10.1 Å². The van der Waals surface area contributed by atoms with Gasteiger partial charge in [0.2, 0.25) is 0 Å². The van der Waals surface area contributed by atoms with Crippen LogP contribution in [0.25, 0.3) is 11.0 Å². The SMILES string of the molecule is Cc1nn(CCCC(c2ccccc2)C(C)O)c2nc[nH]c(=O)c12. The fourth-order valence-electron chi connectivity index (χ4n) is 3.19. The summed E-state index contributed by atoms with van der Waals surface area (Å²) < 4.78 is 1.78. The van der Waals surface area contributed by atoms with Crippen LogP contribution in [0, 0.1) is 6.92 Å².